The minimum atomic E-state index is -0.488. The van der Waals surface area contributed by atoms with Crippen molar-refractivity contribution in [2.24, 2.45) is 0 Å². The van der Waals surface area contributed by atoms with Crippen LogP contribution in [0, 0.1) is 6.92 Å². The molecule has 1 atom stereocenters. The van der Waals surface area contributed by atoms with Gasteiger partial charge in [-0.1, -0.05) is 18.2 Å². The van der Waals surface area contributed by atoms with Crippen molar-refractivity contribution in [2.45, 2.75) is 17.9 Å². The Labute approximate surface area is 132 Å². The summed E-state index contributed by atoms with van der Waals surface area (Å²) < 4.78 is 6.24. The molecule has 0 aliphatic carbocycles. The quantitative estimate of drug-likeness (QED) is 0.797. The predicted molar refractivity (Wildman–Crippen MR) is 87.6 cm³/mol. The van der Waals surface area contributed by atoms with Crippen molar-refractivity contribution < 1.29 is 9.84 Å². The first-order chi connectivity index (χ1) is 9.61. The fraction of sp³-hybridized carbons (Fsp3) is 0.250. The van der Waals surface area contributed by atoms with E-state index in [0.717, 1.165) is 26.2 Å². The third-order valence-electron chi connectivity index (χ3n) is 3.07. The number of methoxy groups -OCH3 is 1. The number of halogens is 1. The van der Waals surface area contributed by atoms with Crippen molar-refractivity contribution in [2.75, 3.05) is 12.9 Å². The molecule has 0 aromatic heterocycles. The molecule has 0 spiro atoms. The maximum Gasteiger partial charge on any atom is 0.119 e. The van der Waals surface area contributed by atoms with Crippen LogP contribution in [0.5, 0.6) is 5.75 Å². The highest BCUT2D eigenvalue weighted by atomic mass is 79.9. The van der Waals surface area contributed by atoms with Crippen molar-refractivity contribution >= 4 is 27.7 Å². The van der Waals surface area contributed by atoms with Gasteiger partial charge >= 0.3 is 0 Å². The lowest BCUT2D eigenvalue weighted by molar-refractivity contribution is 0.203. The molecule has 0 aliphatic heterocycles. The normalized spacial score (nSPS) is 12.2. The van der Waals surface area contributed by atoms with E-state index in [9.17, 15) is 5.11 Å². The summed E-state index contributed by atoms with van der Waals surface area (Å²) in [7, 11) is 1.65. The number of benzene rings is 2. The number of rotatable bonds is 5. The van der Waals surface area contributed by atoms with Crippen LogP contribution in [0.1, 0.15) is 17.2 Å². The monoisotopic (exact) mass is 352 g/mol. The van der Waals surface area contributed by atoms with Crippen LogP contribution in [0.2, 0.25) is 0 Å². The SMILES string of the molecule is COc1ccc(C(O)CSc2ccccc2Br)c(C)c1. The zero-order valence-electron chi connectivity index (χ0n) is 11.5. The van der Waals surface area contributed by atoms with Gasteiger partial charge in [0.1, 0.15) is 5.75 Å². The van der Waals surface area contributed by atoms with E-state index in [1.54, 1.807) is 18.9 Å². The molecule has 2 aromatic rings. The van der Waals surface area contributed by atoms with Gasteiger partial charge < -0.3 is 9.84 Å². The highest BCUT2D eigenvalue weighted by molar-refractivity contribution is 9.10. The summed E-state index contributed by atoms with van der Waals surface area (Å²) in [5.74, 6) is 1.44. The molecule has 0 saturated carbocycles. The van der Waals surface area contributed by atoms with Crippen molar-refractivity contribution in [1.29, 1.82) is 0 Å². The average molecular weight is 353 g/mol. The van der Waals surface area contributed by atoms with E-state index in [2.05, 4.69) is 15.9 Å². The highest BCUT2D eigenvalue weighted by Gasteiger charge is 2.12. The van der Waals surface area contributed by atoms with Gasteiger partial charge in [-0.3, -0.25) is 0 Å². The molecule has 1 unspecified atom stereocenters. The summed E-state index contributed by atoms with van der Waals surface area (Å²) in [5.41, 5.74) is 2.00. The van der Waals surface area contributed by atoms with Crippen LogP contribution in [0.15, 0.2) is 51.8 Å². The Morgan fingerprint density at radius 1 is 1.25 bits per heavy atom. The van der Waals surface area contributed by atoms with Crippen molar-refractivity contribution in [1.82, 2.24) is 0 Å². The van der Waals surface area contributed by atoms with Gasteiger partial charge in [0.05, 0.1) is 13.2 Å². The lowest BCUT2D eigenvalue weighted by atomic mass is 10.0. The van der Waals surface area contributed by atoms with Crippen LogP contribution in [0.25, 0.3) is 0 Å². The van der Waals surface area contributed by atoms with E-state index in [1.807, 2.05) is 49.4 Å². The number of hydrogen-bond acceptors (Lipinski definition) is 3. The fourth-order valence-corrected chi connectivity index (χ4v) is 3.50. The van der Waals surface area contributed by atoms with E-state index < -0.39 is 6.10 Å². The molecule has 4 heteroatoms. The molecule has 2 rings (SSSR count). The van der Waals surface area contributed by atoms with E-state index in [-0.39, 0.29) is 0 Å². The molecule has 0 aliphatic rings. The second-order valence-electron chi connectivity index (χ2n) is 4.48. The molecule has 0 fully saturated rings. The Bertz CT molecular complexity index is 586. The second-order valence-corrected chi connectivity index (χ2v) is 6.40. The number of ether oxygens (including phenoxy) is 1. The maximum atomic E-state index is 10.3. The van der Waals surface area contributed by atoms with E-state index >= 15 is 0 Å². The molecule has 0 radical (unpaired) electrons. The van der Waals surface area contributed by atoms with Crippen molar-refractivity contribution in [3.8, 4) is 5.75 Å². The van der Waals surface area contributed by atoms with Crippen LogP contribution < -0.4 is 4.74 Å². The van der Waals surface area contributed by atoms with Gasteiger partial charge in [-0.2, -0.15) is 0 Å². The van der Waals surface area contributed by atoms with Gasteiger partial charge in [-0.05, 0) is 58.2 Å². The number of aryl methyl sites for hydroxylation is 1. The Morgan fingerprint density at radius 2 is 2.00 bits per heavy atom. The third kappa shape index (κ3) is 3.78. The molecule has 2 nitrogen and oxygen atoms in total. The van der Waals surface area contributed by atoms with E-state index in [1.165, 1.54) is 0 Å². The Morgan fingerprint density at radius 3 is 2.65 bits per heavy atom. The topological polar surface area (TPSA) is 29.5 Å². The molecule has 20 heavy (non-hydrogen) atoms. The average Bonchev–Trinajstić information content (AvgIpc) is 2.46. The molecule has 0 amide bonds. The molecule has 0 heterocycles. The van der Waals surface area contributed by atoms with Gasteiger partial charge in [-0.25, -0.2) is 0 Å². The minimum Gasteiger partial charge on any atom is -0.497 e. The smallest absolute Gasteiger partial charge is 0.119 e. The summed E-state index contributed by atoms with van der Waals surface area (Å²) in [4.78, 5) is 1.14. The molecule has 0 saturated heterocycles. The zero-order chi connectivity index (χ0) is 14.5. The Hall–Kier alpha value is -0.970. The number of thioether (sulfide) groups is 1. The van der Waals surface area contributed by atoms with Crippen LogP contribution in [0.4, 0.5) is 0 Å². The first kappa shape index (κ1) is 15.4. The summed E-state index contributed by atoms with van der Waals surface area (Å²) in [6.45, 7) is 1.99. The summed E-state index contributed by atoms with van der Waals surface area (Å²) in [5, 5.41) is 10.3. The lowest BCUT2D eigenvalue weighted by Gasteiger charge is -2.15. The maximum absolute atomic E-state index is 10.3. The number of hydrogen-bond donors (Lipinski definition) is 1. The third-order valence-corrected chi connectivity index (χ3v) is 5.17. The van der Waals surface area contributed by atoms with Gasteiger partial charge in [0.2, 0.25) is 0 Å². The van der Waals surface area contributed by atoms with Gasteiger partial charge in [-0.15, -0.1) is 11.8 Å². The minimum absolute atomic E-state index is 0.488. The summed E-state index contributed by atoms with van der Waals surface area (Å²) in [6, 6.07) is 13.8. The van der Waals surface area contributed by atoms with Crippen molar-refractivity contribution in [3.05, 3.63) is 58.1 Å². The standard InChI is InChI=1S/C16H17BrO2S/c1-11-9-12(19-2)7-8-13(11)15(18)10-20-16-6-4-3-5-14(16)17/h3-9,15,18H,10H2,1-2H3. The summed E-state index contributed by atoms with van der Waals surface area (Å²) >= 11 is 5.16. The zero-order valence-corrected chi connectivity index (χ0v) is 13.9. The van der Waals surface area contributed by atoms with Crippen molar-refractivity contribution in [3.63, 3.8) is 0 Å². The molecule has 1 N–H and O–H groups in total. The van der Waals surface area contributed by atoms with Crippen LogP contribution >= 0.6 is 27.7 Å². The predicted octanol–water partition coefficient (Wildman–Crippen LogP) is 4.59. The molecule has 106 valence electrons. The van der Waals surface area contributed by atoms with Crippen LogP contribution in [-0.2, 0) is 0 Å². The van der Waals surface area contributed by atoms with Gasteiger partial charge in [0.15, 0.2) is 0 Å². The lowest BCUT2D eigenvalue weighted by Crippen LogP contribution is -2.03. The summed E-state index contributed by atoms with van der Waals surface area (Å²) in [6.07, 6.45) is -0.488. The fourth-order valence-electron chi connectivity index (χ4n) is 1.97. The first-order valence-corrected chi connectivity index (χ1v) is 8.09. The molecule has 2 aromatic carbocycles. The van der Waals surface area contributed by atoms with Gasteiger partial charge in [0.25, 0.3) is 0 Å². The van der Waals surface area contributed by atoms with Crippen LogP contribution in [-0.4, -0.2) is 18.0 Å². The van der Waals surface area contributed by atoms with Gasteiger partial charge in [0, 0.05) is 15.1 Å². The molecular weight excluding hydrogens is 336 g/mol. The number of aliphatic hydroxyl groups is 1. The van der Waals surface area contributed by atoms with Crippen LogP contribution in [0.3, 0.4) is 0 Å². The molecule has 0 bridgehead atoms. The highest BCUT2D eigenvalue weighted by Crippen LogP contribution is 2.31. The number of aliphatic hydroxyl groups excluding tert-OH is 1. The van der Waals surface area contributed by atoms with E-state index in [0.29, 0.717) is 5.75 Å². The largest absolute Gasteiger partial charge is 0.497 e. The van der Waals surface area contributed by atoms with E-state index in [4.69, 9.17) is 4.74 Å². The Kier molecular flexibility index (Phi) is 5.52. The molecular formula is C16H17BrO2S. The Balaban J connectivity index is 2.05. The first-order valence-electron chi connectivity index (χ1n) is 6.31. The second kappa shape index (κ2) is 7.16.